The minimum atomic E-state index is -4.55. The molecular weight excluding hydrogens is 354 g/mol. The topological polar surface area (TPSA) is 60.5 Å². The van der Waals surface area contributed by atoms with Crippen LogP contribution in [-0.2, 0) is 6.18 Å². The number of hydrogen-bond donors (Lipinski definition) is 1. The molecule has 0 aliphatic heterocycles. The normalized spacial score (nSPS) is 12.3. The average Bonchev–Trinajstić information content (AvgIpc) is 2.49. The zero-order valence-electron chi connectivity index (χ0n) is 11.4. The number of halogens is 5. The zero-order valence-corrected chi connectivity index (χ0v) is 13.0. The molecule has 0 fully saturated rings. The van der Waals surface area contributed by atoms with Gasteiger partial charge in [0.1, 0.15) is 17.3 Å². The number of amidine groups is 1. The Hall–Kier alpha value is -1.99. The van der Waals surface area contributed by atoms with Crippen molar-refractivity contribution in [1.82, 2.24) is 4.98 Å². The lowest BCUT2D eigenvalue weighted by atomic mass is 10.3. The maximum absolute atomic E-state index is 12.6. The SMILES string of the molecule is NC(CCl)=Nc1ccc(Oc2cccc(C(F)(F)F)n2)c(Cl)c1. The first-order valence-corrected chi connectivity index (χ1v) is 7.11. The Morgan fingerprint density at radius 3 is 2.61 bits per heavy atom. The number of nitrogens with zero attached hydrogens (tertiary/aromatic N) is 2. The van der Waals surface area contributed by atoms with Gasteiger partial charge in [-0.25, -0.2) is 9.98 Å². The molecule has 23 heavy (non-hydrogen) atoms. The fraction of sp³-hybridized carbons (Fsp3) is 0.143. The van der Waals surface area contributed by atoms with Crippen molar-refractivity contribution < 1.29 is 17.9 Å². The lowest BCUT2D eigenvalue weighted by Gasteiger charge is -2.10. The maximum Gasteiger partial charge on any atom is 0.433 e. The Labute approximate surface area is 139 Å². The standard InChI is InChI=1S/C14H10Cl2F3N3O/c15-7-12(20)21-8-4-5-10(9(16)6-8)23-13-3-1-2-11(22-13)14(17,18)19/h1-6H,7H2,(H2,20,21). The van der Waals surface area contributed by atoms with Gasteiger partial charge in [0, 0.05) is 6.07 Å². The largest absolute Gasteiger partial charge is 0.437 e. The number of aliphatic imine (C=N–C) groups is 1. The van der Waals surface area contributed by atoms with Crippen LogP contribution in [0.15, 0.2) is 41.4 Å². The lowest BCUT2D eigenvalue weighted by molar-refractivity contribution is -0.141. The van der Waals surface area contributed by atoms with Gasteiger partial charge in [-0.2, -0.15) is 13.2 Å². The van der Waals surface area contributed by atoms with Crippen molar-refractivity contribution in [2.75, 3.05) is 5.88 Å². The van der Waals surface area contributed by atoms with Crippen LogP contribution in [0.25, 0.3) is 0 Å². The Kier molecular flexibility index (Phi) is 5.33. The minimum absolute atomic E-state index is 0.0595. The smallest absolute Gasteiger partial charge is 0.433 e. The van der Waals surface area contributed by atoms with Gasteiger partial charge in [0.25, 0.3) is 0 Å². The van der Waals surface area contributed by atoms with Crippen molar-refractivity contribution >= 4 is 34.7 Å². The summed E-state index contributed by atoms with van der Waals surface area (Å²) in [5, 5.41) is 0.146. The van der Waals surface area contributed by atoms with Gasteiger partial charge in [0.2, 0.25) is 5.88 Å². The number of hydrogen-bond acceptors (Lipinski definition) is 3. The summed E-state index contributed by atoms with van der Waals surface area (Å²) in [4.78, 5) is 7.38. The molecule has 1 aromatic heterocycles. The van der Waals surface area contributed by atoms with E-state index in [1.54, 1.807) is 0 Å². The van der Waals surface area contributed by atoms with Crippen LogP contribution in [0.3, 0.4) is 0 Å². The van der Waals surface area contributed by atoms with Crippen molar-refractivity contribution in [1.29, 1.82) is 0 Å². The number of nitrogens with two attached hydrogens (primary N) is 1. The highest BCUT2D eigenvalue weighted by molar-refractivity contribution is 6.32. The van der Waals surface area contributed by atoms with Crippen molar-refractivity contribution in [2.24, 2.45) is 10.7 Å². The second-order valence-corrected chi connectivity index (χ2v) is 4.99. The summed E-state index contributed by atoms with van der Waals surface area (Å²) in [6.45, 7) is 0. The van der Waals surface area contributed by atoms with Crippen LogP contribution in [0, 0.1) is 0 Å². The molecule has 0 spiro atoms. The van der Waals surface area contributed by atoms with E-state index in [0.717, 1.165) is 6.07 Å². The van der Waals surface area contributed by atoms with E-state index < -0.39 is 11.9 Å². The highest BCUT2D eigenvalue weighted by atomic mass is 35.5. The fourth-order valence-corrected chi connectivity index (χ4v) is 1.85. The molecule has 0 amide bonds. The van der Waals surface area contributed by atoms with E-state index in [1.807, 2.05) is 0 Å². The van der Waals surface area contributed by atoms with E-state index in [4.69, 9.17) is 33.7 Å². The molecule has 0 saturated heterocycles. The molecule has 2 N–H and O–H groups in total. The van der Waals surface area contributed by atoms with Gasteiger partial charge in [-0.1, -0.05) is 17.7 Å². The summed E-state index contributed by atoms with van der Waals surface area (Å²) in [6, 6.07) is 7.77. The second-order valence-electron chi connectivity index (χ2n) is 4.31. The number of aromatic nitrogens is 1. The first kappa shape index (κ1) is 17.4. The van der Waals surface area contributed by atoms with Gasteiger partial charge >= 0.3 is 6.18 Å². The van der Waals surface area contributed by atoms with Crippen molar-refractivity contribution in [3.63, 3.8) is 0 Å². The predicted octanol–water partition coefficient (Wildman–Crippen LogP) is 4.77. The average molecular weight is 364 g/mol. The van der Waals surface area contributed by atoms with E-state index in [2.05, 4.69) is 9.98 Å². The number of alkyl halides is 4. The molecule has 0 saturated carbocycles. The Morgan fingerprint density at radius 2 is 2.00 bits per heavy atom. The number of pyridine rings is 1. The summed E-state index contributed by atoms with van der Waals surface area (Å²) in [6.07, 6.45) is -4.55. The van der Waals surface area contributed by atoms with Gasteiger partial charge in [0.05, 0.1) is 16.6 Å². The molecule has 0 unspecified atom stereocenters. The Morgan fingerprint density at radius 1 is 1.26 bits per heavy atom. The van der Waals surface area contributed by atoms with Crippen molar-refractivity contribution in [3.8, 4) is 11.6 Å². The third-order valence-electron chi connectivity index (χ3n) is 2.55. The third kappa shape index (κ3) is 4.74. The van der Waals surface area contributed by atoms with Crippen LogP contribution in [0.4, 0.5) is 18.9 Å². The molecule has 0 aliphatic rings. The quantitative estimate of drug-likeness (QED) is 0.483. The molecule has 0 bridgehead atoms. The molecule has 4 nitrogen and oxygen atoms in total. The summed E-state index contributed by atoms with van der Waals surface area (Å²) >= 11 is 11.5. The van der Waals surface area contributed by atoms with Crippen LogP contribution in [0.1, 0.15) is 5.69 Å². The predicted molar refractivity (Wildman–Crippen MR) is 82.8 cm³/mol. The van der Waals surface area contributed by atoms with Gasteiger partial charge < -0.3 is 10.5 Å². The molecule has 0 radical (unpaired) electrons. The summed E-state index contributed by atoms with van der Waals surface area (Å²) in [7, 11) is 0. The number of ether oxygens (including phenoxy) is 1. The molecule has 2 rings (SSSR count). The monoisotopic (exact) mass is 363 g/mol. The highest BCUT2D eigenvalue weighted by Gasteiger charge is 2.32. The summed E-state index contributed by atoms with van der Waals surface area (Å²) < 4.78 is 43.1. The molecule has 122 valence electrons. The lowest BCUT2D eigenvalue weighted by Crippen LogP contribution is -2.12. The van der Waals surface area contributed by atoms with E-state index in [1.165, 1.54) is 30.3 Å². The fourth-order valence-electron chi connectivity index (χ4n) is 1.58. The highest BCUT2D eigenvalue weighted by Crippen LogP contribution is 2.33. The Balaban J connectivity index is 2.24. The van der Waals surface area contributed by atoms with Gasteiger partial charge in [0.15, 0.2) is 0 Å². The molecule has 1 aromatic carbocycles. The molecule has 0 aliphatic carbocycles. The number of benzene rings is 1. The van der Waals surface area contributed by atoms with E-state index in [-0.39, 0.29) is 28.4 Å². The van der Waals surface area contributed by atoms with E-state index in [0.29, 0.717) is 5.69 Å². The van der Waals surface area contributed by atoms with Crippen LogP contribution < -0.4 is 10.5 Å². The van der Waals surface area contributed by atoms with Crippen molar-refractivity contribution in [2.45, 2.75) is 6.18 Å². The van der Waals surface area contributed by atoms with E-state index >= 15 is 0 Å². The first-order chi connectivity index (χ1) is 10.8. The minimum Gasteiger partial charge on any atom is -0.437 e. The maximum atomic E-state index is 12.6. The zero-order chi connectivity index (χ0) is 17.0. The van der Waals surface area contributed by atoms with Gasteiger partial charge in [-0.3, -0.25) is 0 Å². The summed E-state index contributed by atoms with van der Waals surface area (Å²) in [5.74, 6) is 0.181. The summed E-state index contributed by atoms with van der Waals surface area (Å²) in [5.41, 5.74) is 4.89. The Bertz CT molecular complexity index is 735. The van der Waals surface area contributed by atoms with Crippen molar-refractivity contribution in [3.05, 3.63) is 47.1 Å². The third-order valence-corrected chi connectivity index (χ3v) is 3.12. The van der Waals surface area contributed by atoms with Gasteiger partial charge in [-0.15, -0.1) is 11.6 Å². The van der Waals surface area contributed by atoms with Crippen LogP contribution in [-0.4, -0.2) is 16.7 Å². The van der Waals surface area contributed by atoms with Crippen LogP contribution in [0.5, 0.6) is 11.6 Å². The molecule has 1 heterocycles. The number of rotatable bonds is 4. The van der Waals surface area contributed by atoms with Crippen LogP contribution in [0.2, 0.25) is 5.02 Å². The second kappa shape index (κ2) is 7.06. The molecule has 0 atom stereocenters. The first-order valence-electron chi connectivity index (χ1n) is 6.20. The van der Waals surface area contributed by atoms with Gasteiger partial charge in [-0.05, 0) is 24.3 Å². The molecule has 9 heteroatoms. The van der Waals surface area contributed by atoms with E-state index in [9.17, 15) is 13.2 Å². The van der Waals surface area contributed by atoms with Crippen LogP contribution >= 0.6 is 23.2 Å². The molecular formula is C14H10Cl2F3N3O. The molecule has 2 aromatic rings.